The van der Waals surface area contributed by atoms with Crippen LogP contribution in [0.15, 0.2) is 0 Å². The predicted octanol–water partition coefficient (Wildman–Crippen LogP) is 2.64. The van der Waals surface area contributed by atoms with Crippen LogP contribution in [-0.4, -0.2) is 37.3 Å². The lowest BCUT2D eigenvalue weighted by Crippen LogP contribution is -2.39. The number of rotatable bonds is 7. The van der Waals surface area contributed by atoms with E-state index in [1.54, 1.807) is 0 Å². The van der Waals surface area contributed by atoms with Crippen LogP contribution in [0, 0.1) is 5.41 Å². The van der Waals surface area contributed by atoms with E-state index in [1.807, 2.05) is 25.7 Å². The van der Waals surface area contributed by atoms with Crippen LogP contribution in [-0.2, 0) is 0 Å². The quantitative estimate of drug-likeness (QED) is 0.741. The predicted molar refractivity (Wildman–Crippen MR) is 60.2 cm³/mol. The molecule has 0 saturated carbocycles. The van der Waals surface area contributed by atoms with E-state index in [1.165, 1.54) is 0 Å². The van der Waals surface area contributed by atoms with Gasteiger partial charge in [0, 0.05) is 13.0 Å². The normalized spacial score (nSPS) is 13.5. The van der Waals surface area contributed by atoms with Crippen molar-refractivity contribution in [3.8, 4) is 0 Å². The Labute approximate surface area is 96.0 Å². The van der Waals surface area contributed by atoms with Crippen LogP contribution >= 0.6 is 0 Å². The zero-order valence-corrected chi connectivity index (χ0v) is 10.4. The summed E-state index contributed by atoms with van der Waals surface area (Å²) in [5, 5.41) is 0. The van der Waals surface area contributed by atoms with Crippen molar-refractivity contribution in [1.29, 1.82) is 0 Å². The fourth-order valence-electron chi connectivity index (χ4n) is 1.52. The van der Waals surface area contributed by atoms with Gasteiger partial charge in [0.05, 0.1) is 0 Å². The Morgan fingerprint density at radius 1 is 1.19 bits per heavy atom. The van der Waals surface area contributed by atoms with Gasteiger partial charge in [-0.2, -0.15) is 13.2 Å². The van der Waals surface area contributed by atoms with Crippen molar-refractivity contribution in [2.24, 2.45) is 11.1 Å². The van der Waals surface area contributed by atoms with Crippen LogP contribution < -0.4 is 5.73 Å². The second-order valence-electron chi connectivity index (χ2n) is 4.96. The minimum absolute atomic E-state index is 0.0335. The molecule has 0 heterocycles. The summed E-state index contributed by atoms with van der Waals surface area (Å²) < 4.78 is 35.9. The zero-order valence-electron chi connectivity index (χ0n) is 10.4. The molecule has 0 spiro atoms. The summed E-state index contributed by atoms with van der Waals surface area (Å²) in [6, 6.07) is 0. The van der Waals surface area contributed by atoms with Crippen molar-refractivity contribution < 1.29 is 13.2 Å². The van der Waals surface area contributed by atoms with E-state index in [0.29, 0.717) is 13.1 Å². The molecule has 0 radical (unpaired) electrons. The third-order valence-electron chi connectivity index (χ3n) is 2.59. The molecule has 0 aliphatic carbocycles. The first kappa shape index (κ1) is 15.7. The number of hydrogen-bond acceptors (Lipinski definition) is 2. The molecule has 0 aliphatic rings. The third kappa shape index (κ3) is 7.93. The topological polar surface area (TPSA) is 29.3 Å². The average molecular weight is 240 g/mol. The van der Waals surface area contributed by atoms with Gasteiger partial charge in [0.1, 0.15) is 0 Å². The summed E-state index contributed by atoms with van der Waals surface area (Å²) in [7, 11) is 0. The van der Waals surface area contributed by atoms with Crippen molar-refractivity contribution >= 4 is 0 Å². The Balaban J connectivity index is 3.93. The Morgan fingerprint density at radius 2 is 1.75 bits per heavy atom. The van der Waals surface area contributed by atoms with Crippen LogP contribution in [0.1, 0.15) is 33.6 Å². The second kappa shape index (κ2) is 6.45. The molecule has 0 aromatic carbocycles. The van der Waals surface area contributed by atoms with Gasteiger partial charge in [-0.25, -0.2) is 0 Å². The fourth-order valence-corrected chi connectivity index (χ4v) is 1.52. The molecular weight excluding hydrogens is 217 g/mol. The van der Waals surface area contributed by atoms with Crippen LogP contribution in [0.5, 0.6) is 0 Å². The van der Waals surface area contributed by atoms with Gasteiger partial charge < -0.3 is 10.6 Å². The number of hydrogen-bond donors (Lipinski definition) is 1. The molecule has 0 aromatic heterocycles. The maximum atomic E-state index is 12.0. The summed E-state index contributed by atoms with van der Waals surface area (Å²) in [5.74, 6) is 0. The van der Waals surface area contributed by atoms with E-state index >= 15 is 0 Å². The summed E-state index contributed by atoms with van der Waals surface area (Å²) in [5.41, 5.74) is 5.57. The molecular formula is C11H23F3N2. The highest BCUT2D eigenvalue weighted by atomic mass is 19.4. The number of alkyl halides is 3. The number of nitrogens with zero attached hydrogens (tertiary/aromatic N) is 1. The maximum absolute atomic E-state index is 12.0. The molecule has 0 unspecified atom stereocenters. The van der Waals surface area contributed by atoms with Gasteiger partial charge in [0.2, 0.25) is 0 Å². The Morgan fingerprint density at radius 3 is 2.12 bits per heavy atom. The van der Waals surface area contributed by atoms with Crippen LogP contribution in [0.4, 0.5) is 13.2 Å². The molecule has 5 heteroatoms. The molecule has 0 rings (SSSR count). The fraction of sp³-hybridized carbons (Fsp3) is 1.00. The summed E-state index contributed by atoms with van der Waals surface area (Å²) in [6.07, 6.45) is -4.58. The minimum atomic E-state index is -4.04. The Bertz CT molecular complexity index is 190. The first-order chi connectivity index (χ1) is 7.20. The summed E-state index contributed by atoms with van der Waals surface area (Å²) in [4.78, 5) is 2.03. The molecule has 16 heavy (non-hydrogen) atoms. The molecule has 0 atom stereocenters. The van der Waals surface area contributed by atoms with Crippen molar-refractivity contribution in [2.75, 3.05) is 26.2 Å². The highest BCUT2D eigenvalue weighted by Gasteiger charge is 2.27. The van der Waals surface area contributed by atoms with E-state index < -0.39 is 12.6 Å². The monoisotopic (exact) mass is 240 g/mol. The lowest BCUT2D eigenvalue weighted by atomic mass is 9.93. The first-order valence-electron chi connectivity index (χ1n) is 5.69. The van der Waals surface area contributed by atoms with Crippen molar-refractivity contribution in [1.82, 2.24) is 4.90 Å². The molecule has 0 saturated heterocycles. The van der Waals surface area contributed by atoms with Gasteiger partial charge in [-0.3, -0.25) is 0 Å². The second-order valence-corrected chi connectivity index (χ2v) is 4.96. The molecule has 0 bridgehead atoms. The van der Waals surface area contributed by atoms with E-state index in [-0.39, 0.29) is 11.8 Å². The molecule has 0 aliphatic heterocycles. The highest BCUT2D eigenvalue weighted by molar-refractivity contribution is 4.74. The first-order valence-corrected chi connectivity index (χ1v) is 5.69. The van der Waals surface area contributed by atoms with Gasteiger partial charge in [-0.05, 0) is 31.5 Å². The van der Waals surface area contributed by atoms with Gasteiger partial charge in [0.25, 0.3) is 0 Å². The van der Waals surface area contributed by atoms with E-state index in [0.717, 1.165) is 13.1 Å². The van der Waals surface area contributed by atoms with E-state index in [2.05, 4.69) is 0 Å². The van der Waals surface area contributed by atoms with Gasteiger partial charge >= 0.3 is 6.18 Å². The maximum Gasteiger partial charge on any atom is 0.389 e. The Kier molecular flexibility index (Phi) is 6.33. The molecule has 2 nitrogen and oxygen atoms in total. The minimum Gasteiger partial charge on any atom is -0.330 e. The molecule has 0 amide bonds. The SMILES string of the molecule is CCN(CCCC(F)(F)F)CC(C)(C)CN. The van der Waals surface area contributed by atoms with E-state index in [4.69, 9.17) is 5.73 Å². The average Bonchev–Trinajstić information content (AvgIpc) is 2.14. The smallest absolute Gasteiger partial charge is 0.330 e. The molecule has 0 aromatic rings. The molecule has 98 valence electrons. The van der Waals surface area contributed by atoms with Crippen molar-refractivity contribution in [3.63, 3.8) is 0 Å². The lowest BCUT2D eigenvalue weighted by Gasteiger charge is -2.31. The van der Waals surface area contributed by atoms with Crippen molar-refractivity contribution in [3.05, 3.63) is 0 Å². The Hall–Kier alpha value is -0.290. The van der Waals surface area contributed by atoms with Crippen LogP contribution in [0.25, 0.3) is 0 Å². The van der Waals surface area contributed by atoms with Crippen molar-refractivity contribution in [2.45, 2.75) is 39.8 Å². The number of nitrogens with two attached hydrogens (primary N) is 1. The standard InChI is InChI=1S/C11H23F3N2/c1-4-16(9-10(2,3)8-15)7-5-6-11(12,13)14/h4-9,15H2,1-3H3. The highest BCUT2D eigenvalue weighted by Crippen LogP contribution is 2.22. The van der Waals surface area contributed by atoms with Gasteiger partial charge in [0.15, 0.2) is 0 Å². The largest absolute Gasteiger partial charge is 0.389 e. The van der Waals surface area contributed by atoms with Gasteiger partial charge in [-0.1, -0.05) is 20.8 Å². The number of halogens is 3. The van der Waals surface area contributed by atoms with Gasteiger partial charge in [-0.15, -0.1) is 0 Å². The summed E-state index contributed by atoms with van der Waals surface area (Å²) in [6.45, 7) is 8.56. The zero-order chi connectivity index (χ0) is 12.8. The van der Waals surface area contributed by atoms with Crippen LogP contribution in [0.3, 0.4) is 0 Å². The summed E-state index contributed by atoms with van der Waals surface area (Å²) >= 11 is 0. The van der Waals surface area contributed by atoms with Crippen LogP contribution in [0.2, 0.25) is 0 Å². The lowest BCUT2D eigenvalue weighted by molar-refractivity contribution is -0.136. The molecule has 0 fully saturated rings. The molecule has 2 N–H and O–H groups in total. The third-order valence-corrected chi connectivity index (χ3v) is 2.59. The van der Waals surface area contributed by atoms with E-state index in [9.17, 15) is 13.2 Å².